The summed E-state index contributed by atoms with van der Waals surface area (Å²) in [5.74, 6) is 1.44. The highest BCUT2D eigenvalue weighted by Crippen LogP contribution is 2.50. The summed E-state index contributed by atoms with van der Waals surface area (Å²) in [4.78, 5) is 47.0. The minimum absolute atomic E-state index is 0. The number of hydrogen-bond donors (Lipinski definition) is 3. The van der Waals surface area contributed by atoms with Crippen LogP contribution in [-0.2, 0) is 17.4 Å². The second-order valence-corrected chi connectivity index (χ2v) is 12.0. The van der Waals surface area contributed by atoms with E-state index in [-0.39, 0.29) is 54.9 Å². The summed E-state index contributed by atoms with van der Waals surface area (Å²) >= 11 is 0. The van der Waals surface area contributed by atoms with Gasteiger partial charge in [0.25, 0.3) is 0 Å². The number of nitrogens with zero attached hydrogens (tertiary/aromatic N) is 5. The number of carbonyl (C=O) groups is 2. The van der Waals surface area contributed by atoms with E-state index in [0.717, 1.165) is 23.7 Å². The number of anilines is 1. The molecule has 2 aromatic rings. The third-order valence-corrected chi connectivity index (χ3v) is 8.54. The summed E-state index contributed by atoms with van der Waals surface area (Å²) in [7, 11) is 0. The van der Waals surface area contributed by atoms with Crippen LogP contribution in [0.3, 0.4) is 0 Å². The molecular formula is C28H38ClF3N8O3. The highest BCUT2D eigenvalue weighted by Gasteiger charge is 2.54. The maximum Gasteiger partial charge on any atom is 0.416 e. The van der Waals surface area contributed by atoms with E-state index < -0.39 is 29.0 Å². The first-order chi connectivity index (χ1) is 19.8. The molecule has 2 aliphatic heterocycles. The highest BCUT2D eigenvalue weighted by atomic mass is 35.5. The molecule has 43 heavy (non-hydrogen) atoms. The van der Waals surface area contributed by atoms with Gasteiger partial charge in [-0.25, -0.2) is 9.59 Å². The minimum Gasteiger partial charge on any atom is -0.338 e. The molecule has 0 radical (unpaired) electrons. The van der Waals surface area contributed by atoms with Gasteiger partial charge in [-0.2, -0.15) is 18.2 Å². The first-order valence-corrected chi connectivity index (χ1v) is 14.1. The quantitative estimate of drug-likeness (QED) is 0.425. The molecule has 1 aromatic carbocycles. The summed E-state index contributed by atoms with van der Waals surface area (Å²) in [5, 5.41) is 2.55. The average Bonchev–Trinajstić information content (AvgIpc) is 3.41. The van der Waals surface area contributed by atoms with Crippen LogP contribution >= 0.6 is 12.4 Å². The number of nitrogens with two attached hydrogens (primary N) is 2. The maximum absolute atomic E-state index is 14.0. The molecule has 3 fully saturated rings. The normalized spacial score (nSPS) is 22.2. The van der Waals surface area contributed by atoms with Crippen molar-refractivity contribution in [1.29, 1.82) is 0 Å². The molecular weight excluding hydrogens is 589 g/mol. The molecule has 5 N–H and O–H groups in total. The van der Waals surface area contributed by atoms with Crippen LogP contribution in [0.15, 0.2) is 35.3 Å². The molecule has 3 aliphatic rings. The second-order valence-electron chi connectivity index (χ2n) is 12.0. The molecule has 236 valence electrons. The zero-order chi connectivity index (χ0) is 30.4. The smallest absolute Gasteiger partial charge is 0.338 e. The van der Waals surface area contributed by atoms with Crippen LogP contribution in [0.4, 0.5) is 23.8 Å². The Bertz CT molecular complexity index is 1390. The summed E-state index contributed by atoms with van der Waals surface area (Å²) in [6.07, 6.45) is -3.07. The Morgan fingerprint density at radius 2 is 1.67 bits per heavy atom. The Morgan fingerprint density at radius 3 is 2.23 bits per heavy atom. The van der Waals surface area contributed by atoms with Crippen molar-refractivity contribution in [2.75, 3.05) is 57.7 Å². The molecule has 0 bridgehead atoms. The number of rotatable bonds is 7. The summed E-state index contributed by atoms with van der Waals surface area (Å²) in [5.41, 5.74) is 9.19. The molecule has 0 spiro atoms. The lowest BCUT2D eigenvalue weighted by Gasteiger charge is -2.37. The van der Waals surface area contributed by atoms with Gasteiger partial charge in [0, 0.05) is 52.0 Å². The van der Waals surface area contributed by atoms with Gasteiger partial charge in [-0.1, -0.05) is 6.07 Å². The minimum atomic E-state index is -4.59. The number of benzene rings is 1. The molecule has 1 aliphatic carbocycles. The van der Waals surface area contributed by atoms with Gasteiger partial charge < -0.3 is 26.2 Å². The van der Waals surface area contributed by atoms with Crippen LogP contribution in [0.2, 0.25) is 0 Å². The predicted molar refractivity (Wildman–Crippen MR) is 157 cm³/mol. The van der Waals surface area contributed by atoms with Gasteiger partial charge in [-0.15, -0.1) is 12.4 Å². The monoisotopic (exact) mass is 626 g/mol. The number of likely N-dealkylation sites (tertiary alicyclic amines) is 1. The van der Waals surface area contributed by atoms with E-state index in [9.17, 15) is 27.6 Å². The lowest BCUT2D eigenvalue weighted by Crippen LogP contribution is -2.58. The third kappa shape index (κ3) is 7.14. The van der Waals surface area contributed by atoms with Gasteiger partial charge in [-0.05, 0) is 68.3 Å². The number of amides is 3. The molecule has 2 unspecified atom stereocenters. The fourth-order valence-corrected chi connectivity index (χ4v) is 6.12. The topological polar surface area (TPSA) is 143 Å². The summed E-state index contributed by atoms with van der Waals surface area (Å²) in [6.45, 7) is 7.34. The molecule has 15 heteroatoms. The molecule has 2 saturated heterocycles. The van der Waals surface area contributed by atoms with Gasteiger partial charge in [0.05, 0.1) is 16.8 Å². The number of piperidine rings is 1. The number of alkyl halides is 3. The van der Waals surface area contributed by atoms with Crippen LogP contribution in [0.1, 0.15) is 25.0 Å². The van der Waals surface area contributed by atoms with Crippen molar-refractivity contribution in [3.8, 4) is 5.69 Å². The fourth-order valence-electron chi connectivity index (χ4n) is 6.12. The highest BCUT2D eigenvalue weighted by molar-refractivity contribution is 5.89. The number of piperazine rings is 1. The first-order valence-electron chi connectivity index (χ1n) is 14.1. The Balaban J connectivity index is 0.00000423. The standard InChI is InChI=1S/C28H37F3N8O3.ClH/c1-27(2,33)24(40)37-9-11-38(12-10-37)25(41)34-23-6-8-39(26(42)35-23)18-4-3-17(22(13-18)28(29,30)31)5-7-36-15-20-19(14-32)21(20)16-36;/h3-4,6,8,13,19-21H,5,7,9-12,14-16,32-33H2,1-2H3,(H,34,35,41,42);1H. The van der Waals surface area contributed by atoms with E-state index in [0.29, 0.717) is 43.9 Å². The van der Waals surface area contributed by atoms with Crippen LogP contribution in [0.5, 0.6) is 0 Å². The van der Waals surface area contributed by atoms with Gasteiger partial charge in [-0.3, -0.25) is 14.7 Å². The van der Waals surface area contributed by atoms with E-state index in [1.807, 2.05) is 0 Å². The second kappa shape index (κ2) is 12.4. The van der Waals surface area contributed by atoms with Crippen molar-refractivity contribution in [3.05, 3.63) is 52.1 Å². The number of nitrogens with one attached hydrogen (secondary N) is 1. The van der Waals surface area contributed by atoms with Gasteiger partial charge in [0.2, 0.25) is 5.91 Å². The zero-order valence-corrected chi connectivity index (χ0v) is 25.0. The molecule has 1 saturated carbocycles. The number of aromatic nitrogens is 2. The molecule has 5 rings (SSSR count). The van der Waals surface area contributed by atoms with Crippen molar-refractivity contribution >= 4 is 30.2 Å². The molecule has 11 nitrogen and oxygen atoms in total. The molecule has 1 aromatic heterocycles. The lowest BCUT2D eigenvalue weighted by molar-refractivity contribution is -0.138. The van der Waals surface area contributed by atoms with Gasteiger partial charge >= 0.3 is 17.9 Å². The third-order valence-electron chi connectivity index (χ3n) is 8.54. The number of urea groups is 1. The zero-order valence-electron chi connectivity index (χ0n) is 24.1. The largest absolute Gasteiger partial charge is 0.416 e. The molecule has 3 heterocycles. The number of hydrogen-bond acceptors (Lipinski definition) is 7. The van der Waals surface area contributed by atoms with Crippen molar-refractivity contribution in [2.24, 2.45) is 29.2 Å². The van der Waals surface area contributed by atoms with E-state index in [4.69, 9.17) is 11.5 Å². The number of halogens is 4. The predicted octanol–water partition coefficient (Wildman–Crippen LogP) is 1.77. The van der Waals surface area contributed by atoms with Crippen LogP contribution in [-0.4, -0.2) is 94.1 Å². The van der Waals surface area contributed by atoms with Crippen molar-refractivity contribution < 1.29 is 22.8 Å². The van der Waals surface area contributed by atoms with Crippen molar-refractivity contribution in [1.82, 2.24) is 24.3 Å². The van der Waals surface area contributed by atoms with Crippen LogP contribution in [0.25, 0.3) is 5.69 Å². The lowest BCUT2D eigenvalue weighted by atomic mass is 10.0. The Hall–Kier alpha value is -3.20. The van der Waals surface area contributed by atoms with Gasteiger partial charge in [0.1, 0.15) is 5.82 Å². The Morgan fingerprint density at radius 1 is 1.05 bits per heavy atom. The number of carbonyl (C=O) groups excluding carboxylic acids is 2. The maximum atomic E-state index is 14.0. The van der Waals surface area contributed by atoms with Crippen LogP contribution in [0, 0.1) is 17.8 Å². The van der Waals surface area contributed by atoms with E-state index in [1.165, 1.54) is 29.3 Å². The van der Waals surface area contributed by atoms with Crippen LogP contribution < -0.4 is 22.5 Å². The number of fused-ring (bicyclic) bond motifs is 1. The van der Waals surface area contributed by atoms with Crippen molar-refractivity contribution in [2.45, 2.75) is 32.0 Å². The molecule has 2 atom stereocenters. The summed E-state index contributed by atoms with van der Waals surface area (Å²) in [6, 6.07) is 4.70. The Labute approximate surface area is 253 Å². The van der Waals surface area contributed by atoms with E-state index in [2.05, 4.69) is 15.2 Å². The summed E-state index contributed by atoms with van der Waals surface area (Å²) < 4.78 is 43.0. The fraction of sp³-hybridized carbons (Fsp3) is 0.571. The van der Waals surface area contributed by atoms with Gasteiger partial charge in [0.15, 0.2) is 0 Å². The van der Waals surface area contributed by atoms with E-state index in [1.54, 1.807) is 18.7 Å². The average molecular weight is 627 g/mol. The van der Waals surface area contributed by atoms with Crippen molar-refractivity contribution in [3.63, 3.8) is 0 Å². The first kappa shape index (κ1) is 32.7. The Kier molecular flexibility index (Phi) is 9.45. The van der Waals surface area contributed by atoms with E-state index >= 15 is 0 Å². The molecule has 3 amide bonds. The SMILES string of the molecule is CC(C)(N)C(=O)N1CCN(C(=O)Nc2ccn(-c3ccc(CCN4CC5C(CN)C5C4)c(C(F)(F)F)c3)c(=O)n2)CC1.Cl.